The summed E-state index contributed by atoms with van der Waals surface area (Å²) in [7, 11) is -3.78. The third kappa shape index (κ3) is 2.93. The van der Waals surface area contributed by atoms with Crippen LogP contribution in [0.15, 0.2) is 28.7 Å². The van der Waals surface area contributed by atoms with Crippen molar-refractivity contribution >= 4 is 33.0 Å². The molecule has 2 aromatic rings. The number of rotatable bonds is 5. The molecule has 2 heterocycles. The van der Waals surface area contributed by atoms with E-state index in [2.05, 4.69) is 9.82 Å². The van der Waals surface area contributed by atoms with Crippen LogP contribution in [-0.4, -0.2) is 29.3 Å². The predicted molar refractivity (Wildman–Crippen MR) is 70.0 cm³/mol. The molecule has 0 amide bonds. The first-order chi connectivity index (χ1) is 8.92. The summed E-state index contributed by atoms with van der Waals surface area (Å²) in [4.78, 5) is 10.6. The van der Waals surface area contributed by atoms with E-state index in [0.717, 1.165) is 17.4 Å². The Balaban J connectivity index is 2.24. The van der Waals surface area contributed by atoms with Crippen molar-refractivity contribution in [1.82, 2.24) is 9.78 Å². The quantitative estimate of drug-likeness (QED) is 0.870. The van der Waals surface area contributed by atoms with Gasteiger partial charge in [-0.25, -0.2) is 13.2 Å². The Morgan fingerprint density at radius 2 is 2.32 bits per heavy atom. The largest absolute Gasteiger partial charge is 0.477 e. The normalized spacial score (nSPS) is 11.4. The smallest absolute Gasteiger partial charge is 0.345 e. The topological polar surface area (TPSA) is 101 Å². The van der Waals surface area contributed by atoms with Gasteiger partial charge in [0.15, 0.2) is 0 Å². The van der Waals surface area contributed by atoms with Gasteiger partial charge in [-0.05, 0) is 13.0 Å². The molecule has 0 atom stereocenters. The van der Waals surface area contributed by atoms with Gasteiger partial charge in [0.1, 0.15) is 4.88 Å². The molecule has 2 N–H and O–H groups in total. The van der Waals surface area contributed by atoms with Crippen LogP contribution in [-0.2, 0) is 16.6 Å². The van der Waals surface area contributed by atoms with Crippen molar-refractivity contribution in [2.45, 2.75) is 18.4 Å². The third-order valence-corrected chi connectivity index (χ3v) is 4.73. The molecule has 0 aromatic carbocycles. The van der Waals surface area contributed by atoms with Crippen molar-refractivity contribution in [1.29, 1.82) is 0 Å². The zero-order chi connectivity index (χ0) is 14.0. The summed E-state index contributed by atoms with van der Waals surface area (Å²) in [5, 5.41) is 14.0. The molecule has 0 aliphatic rings. The van der Waals surface area contributed by atoms with Gasteiger partial charge in [-0.1, -0.05) is 0 Å². The first kappa shape index (κ1) is 13.6. The van der Waals surface area contributed by atoms with Crippen LogP contribution in [0.1, 0.15) is 16.6 Å². The van der Waals surface area contributed by atoms with E-state index in [-0.39, 0.29) is 9.77 Å². The number of aromatic carboxylic acids is 1. The number of nitrogens with one attached hydrogen (secondary N) is 1. The molecule has 0 bridgehead atoms. The van der Waals surface area contributed by atoms with Gasteiger partial charge in [-0.15, -0.1) is 11.3 Å². The number of carbonyl (C=O) groups is 1. The summed E-state index contributed by atoms with van der Waals surface area (Å²) in [6.07, 6.45) is 2.95. The number of carboxylic acids is 1. The lowest BCUT2D eigenvalue weighted by molar-refractivity contribution is 0.0702. The number of thiophene rings is 1. The second-order valence-electron chi connectivity index (χ2n) is 3.64. The summed E-state index contributed by atoms with van der Waals surface area (Å²) < 4.78 is 27.9. The Hall–Kier alpha value is -1.87. The van der Waals surface area contributed by atoms with Crippen LogP contribution in [0.4, 0.5) is 5.69 Å². The number of sulfonamides is 1. The first-order valence-electron chi connectivity index (χ1n) is 5.29. The summed E-state index contributed by atoms with van der Waals surface area (Å²) in [6, 6.07) is 1.12. The van der Waals surface area contributed by atoms with E-state index in [4.69, 9.17) is 5.11 Å². The Bertz CT molecular complexity index is 702. The summed E-state index contributed by atoms with van der Waals surface area (Å²) in [5.74, 6) is -1.15. The summed E-state index contributed by atoms with van der Waals surface area (Å²) in [5.41, 5.74) is 0.338. The van der Waals surface area contributed by atoms with Gasteiger partial charge in [0.05, 0.1) is 16.8 Å². The van der Waals surface area contributed by atoms with E-state index >= 15 is 0 Å². The highest BCUT2D eigenvalue weighted by Crippen LogP contribution is 2.21. The molecule has 0 spiro atoms. The lowest BCUT2D eigenvalue weighted by atomic mass is 10.5. The number of hydrogen-bond acceptors (Lipinski definition) is 5. The predicted octanol–water partition coefficient (Wildman–Crippen LogP) is 1.46. The van der Waals surface area contributed by atoms with Crippen LogP contribution in [0.5, 0.6) is 0 Å². The van der Waals surface area contributed by atoms with Gasteiger partial charge >= 0.3 is 5.97 Å². The Labute approximate surface area is 113 Å². The number of nitrogens with zero attached hydrogens (tertiary/aromatic N) is 2. The Kier molecular flexibility index (Phi) is 3.58. The lowest BCUT2D eigenvalue weighted by Crippen LogP contribution is -2.11. The van der Waals surface area contributed by atoms with Crippen molar-refractivity contribution in [3.63, 3.8) is 0 Å². The minimum Gasteiger partial charge on any atom is -0.477 e. The molecule has 2 aromatic heterocycles. The highest BCUT2D eigenvalue weighted by atomic mass is 32.2. The Morgan fingerprint density at radius 1 is 1.58 bits per heavy atom. The van der Waals surface area contributed by atoms with E-state index < -0.39 is 16.0 Å². The standard InChI is InChI=1S/C10H11N3O4S2/c1-2-13-5-7(4-11-13)12-19(16,17)8-3-9(10(14)15)18-6-8/h3-6,12H,2H2,1H3,(H,14,15). The molecule has 7 nitrogen and oxygen atoms in total. The maximum absolute atomic E-state index is 12.0. The molecule has 0 aliphatic carbocycles. The van der Waals surface area contributed by atoms with E-state index in [0.29, 0.717) is 12.2 Å². The Morgan fingerprint density at radius 3 is 2.84 bits per heavy atom. The zero-order valence-electron chi connectivity index (χ0n) is 9.90. The van der Waals surface area contributed by atoms with Crippen LogP contribution < -0.4 is 4.72 Å². The van der Waals surface area contributed by atoms with Gasteiger partial charge < -0.3 is 5.11 Å². The van der Waals surface area contributed by atoms with Crippen molar-refractivity contribution < 1.29 is 18.3 Å². The molecule has 19 heavy (non-hydrogen) atoms. The molecular formula is C10H11N3O4S2. The highest BCUT2D eigenvalue weighted by Gasteiger charge is 2.19. The summed E-state index contributed by atoms with van der Waals surface area (Å²) >= 11 is 0.865. The monoisotopic (exact) mass is 301 g/mol. The fourth-order valence-corrected chi connectivity index (χ4v) is 3.51. The minimum absolute atomic E-state index is 0.0235. The van der Waals surface area contributed by atoms with Crippen molar-refractivity contribution in [3.8, 4) is 0 Å². The van der Waals surface area contributed by atoms with Gasteiger partial charge in [-0.2, -0.15) is 5.10 Å². The third-order valence-electron chi connectivity index (χ3n) is 2.31. The van der Waals surface area contributed by atoms with Crippen molar-refractivity contribution in [2.24, 2.45) is 0 Å². The number of aromatic nitrogens is 2. The van der Waals surface area contributed by atoms with Crippen LogP contribution in [0, 0.1) is 0 Å². The maximum Gasteiger partial charge on any atom is 0.345 e. The number of carboxylic acid groups (broad SMARTS) is 1. The second-order valence-corrected chi connectivity index (χ2v) is 6.24. The van der Waals surface area contributed by atoms with Crippen LogP contribution in [0.25, 0.3) is 0 Å². The molecule has 2 rings (SSSR count). The average Bonchev–Trinajstić information content (AvgIpc) is 2.95. The van der Waals surface area contributed by atoms with Crippen molar-refractivity contribution in [3.05, 3.63) is 28.7 Å². The average molecular weight is 301 g/mol. The zero-order valence-corrected chi connectivity index (χ0v) is 11.5. The second kappa shape index (κ2) is 5.02. The minimum atomic E-state index is -3.78. The van der Waals surface area contributed by atoms with Crippen LogP contribution in [0.3, 0.4) is 0 Å². The molecule has 0 radical (unpaired) electrons. The highest BCUT2D eigenvalue weighted by molar-refractivity contribution is 7.92. The summed E-state index contributed by atoms with van der Waals surface area (Å²) in [6.45, 7) is 2.51. The molecular weight excluding hydrogens is 290 g/mol. The van der Waals surface area contributed by atoms with Gasteiger partial charge in [0.2, 0.25) is 0 Å². The molecule has 0 aliphatic heterocycles. The molecule has 102 valence electrons. The van der Waals surface area contributed by atoms with E-state index in [9.17, 15) is 13.2 Å². The number of hydrogen-bond donors (Lipinski definition) is 2. The molecule has 0 saturated heterocycles. The van der Waals surface area contributed by atoms with E-state index in [1.54, 1.807) is 10.9 Å². The van der Waals surface area contributed by atoms with Gasteiger partial charge in [0, 0.05) is 18.1 Å². The first-order valence-corrected chi connectivity index (χ1v) is 7.66. The maximum atomic E-state index is 12.0. The van der Waals surface area contributed by atoms with E-state index in [1.165, 1.54) is 11.6 Å². The molecule has 0 saturated carbocycles. The van der Waals surface area contributed by atoms with Crippen LogP contribution >= 0.6 is 11.3 Å². The SMILES string of the molecule is CCn1cc(NS(=O)(=O)c2csc(C(=O)O)c2)cn1. The lowest BCUT2D eigenvalue weighted by Gasteiger charge is -2.02. The fraction of sp³-hybridized carbons (Fsp3) is 0.200. The van der Waals surface area contributed by atoms with Gasteiger partial charge in [-0.3, -0.25) is 9.40 Å². The number of anilines is 1. The molecule has 9 heteroatoms. The van der Waals surface area contributed by atoms with Crippen molar-refractivity contribution in [2.75, 3.05) is 4.72 Å². The van der Waals surface area contributed by atoms with E-state index in [1.807, 2.05) is 6.92 Å². The molecule has 0 fully saturated rings. The van der Waals surface area contributed by atoms with Gasteiger partial charge in [0.25, 0.3) is 10.0 Å². The van der Waals surface area contributed by atoms with Crippen LogP contribution in [0.2, 0.25) is 0 Å². The number of aryl methyl sites for hydroxylation is 1. The fourth-order valence-electron chi connectivity index (χ4n) is 1.38. The molecule has 0 unspecified atom stereocenters.